The lowest BCUT2D eigenvalue weighted by atomic mass is 9.52. The second kappa shape index (κ2) is 9.70. The zero-order valence-corrected chi connectivity index (χ0v) is 21.7. The van der Waals surface area contributed by atoms with Gasteiger partial charge >= 0.3 is 0 Å². The van der Waals surface area contributed by atoms with Crippen molar-refractivity contribution in [3.8, 4) is 5.75 Å². The molecule has 2 unspecified atom stereocenters. The standard InChI is InChI=1S/C27H31N3O9/c1-29(2)21-15-10-12-9-14-13(17(32)11-30-5-7-39-8-6-30)3-4-16(31)19(14)22(33)18(12)24(35)27(15,38)25(36)20(23(21)34)26(28)37/h3-4,12,15,18,20-21,31,38H,5-11H2,1-2H3,(H2,28,37)/t12-,15-,18?,20?,21-,27-/m1/s1. The highest BCUT2D eigenvalue weighted by Gasteiger charge is 2.69. The first-order valence-electron chi connectivity index (χ1n) is 12.9. The van der Waals surface area contributed by atoms with E-state index in [1.807, 2.05) is 4.90 Å². The fraction of sp³-hybridized carbons (Fsp3) is 0.556. The highest BCUT2D eigenvalue weighted by Crippen LogP contribution is 2.51. The molecule has 4 aliphatic rings. The number of phenols is 1. The zero-order valence-electron chi connectivity index (χ0n) is 21.7. The summed E-state index contributed by atoms with van der Waals surface area (Å²) in [5.41, 5.74) is 2.92. The maximum Gasteiger partial charge on any atom is 0.235 e. The molecule has 4 N–H and O–H groups in total. The normalized spacial score (nSPS) is 33.0. The van der Waals surface area contributed by atoms with E-state index < -0.39 is 70.1 Å². The fourth-order valence-electron chi connectivity index (χ4n) is 6.91. The van der Waals surface area contributed by atoms with Gasteiger partial charge in [0.15, 0.2) is 40.4 Å². The number of fused-ring (bicyclic) bond motifs is 3. The van der Waals surface area contributed by atoms with E-state index in [1.165, 1.54) is 31.1 Å². The molecule has 0 aromatic heterocycles. The number of Topliss-reactive ketones (excluding diaryl/α,β-unsaturated/α-hetero) is 5. The van der Waals surface area contributed by atoms with Gasteiger partial charge in [0.05, 0.1) is 37.3 Å². The SMILES string of the molecule is CN(C)[C@H]1C(=O)C(C(N)=O)C(=O)[C@]2(O)C(=O)C3C(=O)c4c(O)ccc(C(=O)CN5CCOCC5)c4C[C@@H]3C[C@H]12. The van der Waals surface area contributed by atoms with E-state index >= 15 is 0 Å². The largest absolute Gasteiger partial charge is 0.507 e. The third-order valence-corrected chi connectivity index (χ3v) is 8.72. The number of carbonyl (C=O) groups excluding carboxylic acids is 6. The van der Waals surface area contributed by atoms with Crippen molar-refractivity contribution in [2.24, 2.45) is 29.4 Å². The Bertz CT molecular complexity index is 1300. The summed E-state index contributed by atoms with van der Waals surface area (Å²) in [6, 6.07) is 1.50. The molecule has 1 amide bonds. The van der Waals surface area contributed by atoms with Crippen molar-refractivity contribution in [1.29, 1.82) is 0 Å². The fourth-order valence-corrected chi connectivity index (χ4v) is 6.91. The van der Waals surface area contributed by atoms with E-state index in [0.717, 1.165) is 0 Å². The van der Waals surface area contributed by atoms with Crippen LogP contribution in [0, 0.1) is 23.7 Å². The first-order valence-corrected chi connectivity index (χ1v) is 12.9. The summed E-state index contributed by atoms with van der Waals surface area (Å²) in [4.78, 5) is 82.8. The molecule has 1 aromatic rings. The number of benzene rings is 1. The predicted octanol–water partition coefficient (Wildman–Crippen LogP) is -1.62. The van der Waals surface area contributed by atoms with Gasteiger partial charge in [0.25, 0.3) is 0 Å². The lowest BCUT2D eigenvalue weighted by molar-refractivity contribution is -0.181. The van der Waals surface area contributed by atoms with Crippen molar-refractivity contribution < 1.29 is 43.7 Å². The van der Waals surface area contributed by atoms with Crippen LogP contribution in [0.25, 0.3) is 0 Å². The van der Waals surface area contributed by atoms with Gasteiger partial charge in [0.2, 0.25) is 5.91 Å². The number of amides is 1. The molecule has 1 saturated heterocycles. The van der Waals surface area contributed by atoms with Crippen molar-refractivity contribution in [3.05, 3.63) is 28.8 Å². The number of hydrogen-bond acceptors (Lipinski definition) is 11. The molecule has 1 aromatic carbocycles. The number of ketones is 5. The highest BCUT2D eigenvalue weighted by atomic mass is 16.5. The van der Waals surface area contributed by atoms with Crippen LogP contribution in [0.2, 0.25) is 0 Å². The number of rotatable bonds is 5. The van der Waals surface area contributed by atoms with Gasteiger partial charge in [-0.05, 0) is 50.6 Å². The summed E-state index contributed by atoms with van der Waals surface area (Å²) in [6.07, 6.45) is -0.0267. The van der Waals surface area contributed by atoms with E-state index in [-0.39, 0.29) is 36.3 Å². The minimum Gasteiger partial charge on any atom is -0.507 e. The molecule has 1 aliphatic heterocycles. The van der Waals surface area contributed by atoms with E-state index in [4.69, 9.17) is 10.5 Å². The van der Waals surface area contributed by atoms with Crippen molar-refractivity contribution in [2.45, 2.75) is 24.5 Å². The molecule has 0 spiro atoms. The average Bonchev–Trinajstić information content (AvgIpc) is 2.86. The van der Waals surface area contributed by atoms with Crippen LogP contribution >= 0.6 is 0 Å². The van der Waals surface area contributed by atoms with Crippen molar-refractivity contribution in [2.75, 3.05) is 46.9 Å². The Morgan fingerprint density at radius 3 is 2.41 bits per heavy atom. The average molecular weight is 542 g/mol. The van der Waals surface area contributed by atoms with Gasteiger partial charge < -0.3 is 20.7 Å². The summed E-state index contributed by atoms with van der Waals surface area (Å²) < 4.78 is 5.33. The third-order valence-electron chi connectivity index (χ3n) is 8.72. The number of ether oxygens (including phenoxy) is 1. The van der Waals surface area contributed by atoms with Gasteiger partial charge in [-0.2, -0.15) is 0 Å². The van der Waals surface area contributed by atoms with Crippen LogP contribution in [0.1, 0.15) is 32.7 Å². The Morgan fingerprint density at radius 1 is 1.13 bits per heavy atom. The van der Waals surface area contributed by atoms with E-state index in [1.54, 1.807) is 0 Å². The van der Waals surface area contributed by atoms with Crippen LogP contribution in [0.5, 0.6) is 5.75 Å². The number of aromatic hydroxyl groups is 1. The topological polar surface area (TPSA) is 185 Å². The number of carbonyl (C=O) groups is 6. The Morgan fingerprint density at radius 2 is 1.79 bits per heavy atom. The van der Waals surface area contributed by atoms with E-state index in [0.29, 0.717) is 31.9 Å². The summed E-state index contributed by atoms with van der Waals surface area (Å²) in [6.45, 7) is 2.23. The van der Waals surface area contributed by atoms with Crippen LogP contribution in [0.15, 0.2) is 12.1 Å². The number of morpholine rings is 1. The molecule has 39 heavy (non-hydrogen) atoms. The summed E-state index contributed by atoms with van der Waals surface area (Å²) in [5.74, 6) is -11.5. The molecule has 1 heterocycles. The molecular weight excluding hydrogens is 510 g/mol. The Balaban J connectivity index is 1.56. The van der Waals surface area contributed by atoms with E-state index in [2.05, 4.69) is 0 Å². The molecule has 0 radical (unpaired) electrons. The van der Waals surface area contributed by atoms with Crippen LogP contribution in [-0.2, 0) is 30.3 Å². The molecule has 6 atom stereocenters. The second-order valence-electron chi connectivity index (χ2n) is 11.1. The quantitative estimate of drug-likeness (QED) is 0.288. The van der Waals surface area contributed by atoms with Crippen molar-refractivity contribution >= 4 is 34.8 Å². The van der Waals surface area contributed by atoms with Crippen LogP contribution in [0.4, 0.5) is 0 Å². The lowest BCUT2D eigenvalue weighted by Crippen LogP contribution is -2.74. The van der Waals surface area contributed by atoms with Gasteiger partial charge in [-0.1, -0.05) is 0 Å². The van der Waals surface area contributed by atoms with E-state index in [9.17, 15) is 39.0 Å². The number of phenolic OH excluding ortho intramolecular Hbond substituents is 1. The summed E-state index contributed by atoms with van der Waals surface area (Å²) in [7, 11) is 3.05. The van der Waals surface area contributed by atoms with Gasteiger partial charge in [-0.15, -0.1) is 0 Å². The van der Waals surface area contributed by atoms with Crippen LogP contribution < -0.4 is 5.73 Å². The molecule has 208 valence electrons. The smallest absolute Gasteiger partial charge is 0.235 e. The minimum atomic E-state index is -2.78. The number of nitrogens with two attached hydrogens (primary N) is 1. The third kappa shape index (κ3) is 4.05. The number of nitrogens with zero attached hydrogens (tertiary/aromatic N) is 2. The lowest BCUT2D eigenvalue weighted by Gasteiger charge is -2.52. The first-order chi connectivity index (χ1) is 18.4. The maximum atomic E-state index is 13.8. The van der Waals surface area contributed by atoms with Gasteiger partial charge in [0, 0.05) is 24.6 Å². The molecule has 5 rings (SSSR count). The van der Waals surface area contributed by atoms with Crippen LogP contribution in [0.3, 0.4) is 0 Å². The highest BCUT2D eigenvalue weighted by molar-refractivity contribution is 6.32. The predicted molar refractivity (Wildman–Crippen MR) is 133 cm³/mol. The Labute approximate surface area is 224 Å². The maximum absolute atomic E-state index is 13.8. The van der Waals surface area contributed by atoms with Crippen LogP contribution in [-0.4, -0.2) is 113 Å². The van der Waals surface area contributed by atoms with Crippen molar-refractivity contribution in [3.63, 3.8) is 0 Å². The van der Waals surface area contributed by atoms with Gasteiger partial charge in [-0.25, -0.2) is 0 Å². The molecule has 12 nitrogen and oxygen atoms in total. The molecule has 3 aliphatic carbocycles. The second-order valence-corrected chi connectivity index (χ2v) is 11.1. The number of hydrogen-bond donors (Lipinski definition) is 3. The Kier molecular flexibility index (Phi) is 6.78. The first kappa shape index (κ1) is 27.3. The molecule has 2 saturated carbocycles. The minimum absolute atomic E-state index is 0.0461. The molecule has 0 bridgehead atoms. The molecular formula is C27H31N3O9. The van der Waals surface area contributed by atoms with Crippen molar-refractivity contribution in [1.82, 2.24) is 9.80 Å². The monoisotopic (exact) mass is 541 g/mol. The molecule has 3 fully saturated rings. The Hall–Kier alpha value is -3.32. The molecule has 12 heteroatoms. The van der Waals surface area contributed by atoms with Gasteiger partial charge in [0.1, 0.15) is 5.75 Å². The number of primary amides is 1. The zero-order chi connectivity index (χ0) is 28.4. The summed E-state index contributed by atoms with van der Waals surface area (Å²) in [5, 5.41) is 22.2. The summed E-state index contributed by atoms with van der Waals surface area (Å²) >= 11 is 0. The number of likely N-dealkylation sites (N-methyl/N-ethyl adjacent to an activating group) is 1. The van der Waals surface area contributed by atoms with Gasteiger partial charge in [-0.3, -0.25) is 38.6 Å². The number of aliphatic hydroxyl groups is 1.